The van der Waals surface area contributed by atoms with Crippen LogP contribution in [0.2, 0.25) is 0 Å². The van der Waals surface area contributed by atoms with Crippen LogP contribution in [0.4, 0.5) is 0 Å². The Labute approximate surface area is 88.3 Å². The van der Waals surface area contributed by atoms with Crippen molar-refractivity contribution >= 4 is 11.0 Å². The number of furan rings is 1. The molecule has 80 valence electrons. The molecule has 0 radical (unpaired) electrons. The summed E-state index contributed by atoms with van der Waals surface area (Å²) in [5.41, 5.74) is 2.04. The molecule has 0 amide bonds. The normalized spacial score (nSPS) is 11.1. The van der Waals surface area contributed by atoms with E-state index < -0.39 is 0 Å². The van der Waals surface area contributed by atoms with Crippen LogP contribution in [-0.2, 0) is 17.8 Å². The number of aliphatic hydroxyl groups is 1. The van der Waals surface area contributed by atoms with Crippen molar-refractivity contribution < 1.29 is 14.3 Å². The summed E-state index contributed by atoms with van der Waals surface area (Å²) < 4.78 is 10.4. The van der Waals surface area contributed by atoms with Crippen molar-refractivity contribution in [2.75, 3.05) is 13.7 Å². The number of ether oxygens (including phenoxy) is 1. The first-order valence-corrected chi connectivity index (χ1v) is 4.94. The second-order valence-electron chi connectivity index (χ2n) is 3.49. The van der Waals surface area contributed by atoms with Crippen molar-refractivity contribution in [3.8, 4) is 0 Å². The first-order chi connectivity index (χ1) is 7.33. The van der Waals surface area contributed by atoms with Gasteiger partial charge >= 0.3 is 0 Å². The molecule has 3 nitrogen and oxygen atoms in total. The SMILES string of the molecule is COCCc1ccc2oc(CO)cc2c1. The molecule has 3 heteroatoms. The van der Waals surface area contributed by atoms with Gasteiger partial charge in [0.25, 0.3) is 0 Å². The summed E-state index contributed by atoms with van der Waals surface area (Å²) in [7, 11) is 1.69. The van der Waals surface area contributed by atoms with Gasteiger partial charge in [0.05, 0.1) is 6.61 Å². The number of aliphatic hydroxyl groups excluding tert-OH is 1. The standard InChI is InChI=1S/C12H14O3/c1-14-5-4-9-2-3-12-10(6-9)7-11(8-13)15-12/h2-3,6-7,13H,4-5,8H2,1H3. The fraction of sp³-hybridized carbons (Fsp3) is 0.333. The molecule has 0 unspecified atom stereocenters. The molecular formula is C12H14O3. The van der Waals surface area contributed by atoms with Gasteiger partial charge < -0.3 is 14.3 Å². The zero-order valence-corrected chi connectivity index (χ0v) is 8.69. The molecule has 2 rings (SSSR count). The van der Waals surface area contributed by atoms with Crippen molar-refractivity contribution in [3.63, 3.8) is 0 Å². The average Bonchev–Trinajstić information content (AvgIpc) is 2.68. The van der Waals surface area contributed by atoms with Gasteiger partial charge in [0, 0.05) is 12.5 Å². The average molecular weight is 206 g/mol. The molecular weight excluding hydrogens is 192 g/mol. The van der Waals surface area contributed by atoms with E-state index in [9.17, 15) is 0 Å². The van der Waals surface area contributed by atoms with Gasteiger partial charge in [-0.05, 0) is 30.2 Å². The topological polar surface area (TPSA) is 42.6 Å². The van der Waals surface area contributed by atoms with E-state index in [4.69, 9.17) is 14.3 Å². The quantitative estimate of drug-likeness (QED) is 0.833. The maximum Gasteiger partial charge on any atom is 0.134 e. The van der Waals surface area contributed by atoms with Gasteiger partial charge in [-0.15, -0.1) is 0 Å². The van der Waals surface area contributed by atoms with Gasteiger partial charge in [0.2, 0.25) is 0 Å². The fourth-order valence-corrected chi connectivity index (χ4v) is 1.60. The van der Waals surface area contributed by atoms with Crippen molar-refractivity contribution in [2.45, 2.75) is 13.0 Å². The van der Waals surface area contributed by atoms with E-state index in [2.05, 4.69) is 6.07 Å². The zero-order chi connectivity index (χ0) is 10.7. The first-order valence-electron chi connectivity index (χ1n) is 4.94. The van der Waals surface area contributed by atoms with Crippen LogP contribution in [0, 0.1) is 0 Å². The third kappa shape index (κ3) is 2.19. The minimum Gasteiger partial charge on any atom is -0.459 e. The molecule has 1 heterocycles. The Balaban J connectivity index is 2.29. The van der Waals surface area contributed by atoms with Crippen molar-refractivity contribution in [1.82, 2.24) is 0 Å². The highest BCUT2D eigenvalue weighted by Crippen LogP contribution is 2.21. The highest BCUT2D eigenvalue weighted by molar-refractivity contribution is 5.78. The lowest BCUT2D eigenvalue weighted by molar-refractivity contribution is 0.202. The molecule has 0 saturated carbocycles. The van der Waals surface area contributed by atoms with E-state index in [0.717, 1.165) is 24.0 Å². The molecule has 0 spiro atoms. The summed E-state index contributed by atoms with van der Waals surface area (Å²) >= 11 is 0. The van der Waals surface area contributed by atoms with Crippen molar-refractivity contribution in [2.24, 2.45) is 0 Å². The summed E-state index contributed by atoms with van der Waals surface area (Å²) in [5.74, 6) is 0.605. The lowest BCUT2D eigenvalue weighted by atomic mass is 10.1. The Morgan fingerprint density at radius 2 is 2.20 bits per heavy atom. The third-order valence-electron chi connectivity index (χ3n) is 2.38. The summed E-state index contributed by atoms with van der Waals surface area (Å²) in [6, 6.07) is 7.88. The molecule has 0 aliphatic heterocycles. The third-order valence-corrected chi connectivity index (χ3v) is 2.38. The maximum absolute atomic E-state index is 8.94. The highest BCUT2D eigenvalue weighted by atomic mass is 16.5. The molecule has 1 aromatic carbocycles. The maximum atomic E-state index is 8.94. The smallest absolute Gasteiger partial charge is 0.134 e. The van der Waals surface area contributed by atoms with Gasteiger partial charge in [-0.1, -0.05) is 6.07 Å². The van der Waals surface area contributed by atoms with Crippen LogP contribution in [0.3, 0.4) is 0 Å². The van der Waals surface area contributed by atoms with Gasteiger partial charge in [-0.3, -0.25) is 0 Å². The Morgan fingerprint density at radius 1 is 1.33 bits per heavy atom. The molecule has 0 saturated heterocycles. The minimum absolute atomic E-state index is 0.0535. The molecule has 15 heavy (non-hydrogen) atoms. The molecule has 0 aliphatic rings. The summed E-state index contributed by atoms with van der Waals surface area (Å²) in [6.45, 7) is 0.665. The summed E-state index contributed by atoms with van der Waals surface area (Å²) in [5, 5.41) is 9.97. The van der Waals surface area contributed by atoms with Crippen molar-refractivity contribution in [1.29, 1.82) is 0 Å². The number of hydrogen-bond donors (Lipinski definition) is 1. The van der Waals surface area contributed by atoms with E-state index in [1.165, 1.54) is 5.56 Å². The van der Waals surface area contributed by atoms with Gasteiger partial charge in [0.1, 0.15) is 18.0 Å². The van der Waals surface area contributed by atoms with Gasteiger partial charge in [0.15, 0.2) is 0 Å². The molecule has 0 fully saturated rings. The molecule has 0 atom stereocenters. The fourth-order valence-electron chi connectivity index (χ4n) is 1.60. The van der Waals surface area contributed by atoms with Crippen LogP contribution < -0.4 is 0 Å². The van der Waals surface area contributed by atoms with E-state index in [-0.39, 0.29) is 6.61 Å². The van der Waals surface area contributed by atoms with Crippen LogP contribution >= 0.6 is 0 Å². The van der Waals surface area contributed by atoms with Gasteiger partial charge in [-0.2, -0.15) is 0 Å². The molecule has 1 aromatic heterocycles. The second-order valence-corrected chi connectivity index (χ2v) is 3.49. The number of fused-ring (bicyclic) bond motifs is 1. The number of hydrogen-bond acceptors (Lipinski definition) is 3. The second kappa shape index (κ2) is 4.47. The number of methoxy groups -OCH3 is 1. The van der Waals surface area contributed by atoms with E-state index >= 15 is 0 Å². The van der Waals surface area contributed by atoms with Gasteiger partial charge in [-0.25, -0.2) is 0 Å². The lowest BCUT2D eigenvalue weighted by Gasteiger charge is -1.99. The monoisotopic (exact) mass is 206 g/mol. The minimum atomic E-state index is -0.0535. The summed E-state index contributed by atoms with van der Waals surface area (Å²) in [6.07, 6.45) is 0.895. The highest BCUT2D eigenvalue weighted by Gasteiger charge is 2.03. The first kappa shape index (κ1) is 10.2. The van der Waals surface area contributed by atoms with E-state index in [1.54, 1.807) is 7.11 Å². The molecule has 2 aromatic rings. The molecule has 0 aliphatic carbocycles. The Hall–Kier alpha value is -1.32. The predicted octanol–water partition coefficient (Wildman–Crippen LogP) is 2.11. The number of benzene rings is 1. The number of rotatable bonds is 4. The van der Waals surface area contributed by atoms with Crippen LogP contribution in [-0.4, -0.2) is 18.8 Å². The predicted molar refractivity (Wildman–Crippen MR) is 57.7 cm³/mol. The van der Waals surface area contributed by atoms with Crippen LogP contribution in [0.25, 0.3) is 11.0 Å². The Kier molecular flexibility index (Phi) is 3.04. The van der Waals surface area contributed by atoms with E-state index in [0.29, 0.717) is 5.76 Å². The molecule has 0 bridgehead atoms. The summed E-state index contributed by atoms with van der Waals surface area (Å²) in [4.78, 5) is 0. The Morgan fingerprint density at radius 3 is 2.93 bits per heavy atom. The van der Waals surface area contributed by atoms with Crippen LogP contribution in [0.15, 0.2) is 28.7 Å². The van der Waals surface area contributed by atoms with Crippen LogP contribution in [0.5, 0.6) is 0 Å². The zero-order valence-electron chi connectivity index (χ0n) is 8.69. The van der Waals surface area contributed by atoms with Crippen LogP contribution in [0.1, 0.15) is 11.3 Å². The van der Waals surface area contributed by atoms with E-state index in [1.807, 2.05) is 18.2 Å². The molecule has 1 N–H and O–H groups in total. The Bertz CT molecular complexity index is 445. The lowest BCUT2D eigenvalue weighted by Crippen LogP contribution is -1.93. The van der Waals surface area contributed by atoms with Crippen molar-refractivity contribution in [3.05, 3.63) is 35.6 Å². The largest absolute Gasteiger partial charge is 0.459 e.